The molecular formula is C16H25NO3S. The lowest BCUT2D eigenvalue weighted by Gasteiger charge is -2.28. The molecule has 1 aromatic carbocycles. The van der Waals surface area contributed by atoms with E-state index in [0.29, 0.717) is 6.42 Å². The molecule has 1 aliphatic rings. The molecule has 3 atom stereocenters. The molecule has 4 nitrogen and oxygen atoms in total. The van der Waals surface area contributed by atoms with Gasteiger partial charge >= 0.3 is 0 Å². The standard InChI is InChI=1S/C16H25NO3S/c1-3-16(17)12-7-9-13(10-8-12)20-14-5-4-6-15(11-14)21(2,18)19/h7-10,14-16H,3-6,11,17H2,1-2H3/t14?,15?,16-/m0/s1. The Hall–Kier alpha value is -1.07. The summed E-state index contributed by atoms with van der Waals surface area (Å²) in [6, 6.07) is 7.88. The van der Waals surface area contributed by atoms with Crippen LogP contribution in [0.4, 0.5) is 0 Å². The normalized spacial score (nSPS) is 24.5. The molecule has 0 radical (unpaired) electrons. The van der Waals surface area contributed by atoms with Gasteiger partial charge in [0.05, 0.1) is 11.4 Å². The summed E-state index contributed by atoms with van der Waals surface area (Å²) < 4.78 is 29.3. The molecule has 0 aromatic heterocycles. The molecule has 2 N–H and O–H groups in total. The summed E-state index contributed by atoms with van der Waals surface area (Å²) in [5, 5.41) is -0.260. The number of sulfone groups is 1. The summed E-state index contributed by atoms with van der Waals surface area (Å²) in [5.41, 5.74) is 7.09. The first-order valence-corrected chi connectivity index (χ1v) is 9.56. The van der Waals surface area contributed by atoms with Crippen LogP contribution in [-0.4, -0.2) is 26.0 Å². The first-order valence-electron chi connectivity index (χ1n) is 7.61. The second kappa shape index (κ2) is 6.79. The van der Waals surface area contributed by atoms with Crippen LogP contribution in [0.1, 0.15) is 50.6 Å². The van der Waals surface area contributed by atoms with Crippen LogP contribution >= 0.6 is 0 Å². The molecule has 1 fully saturated rings. The van der Waals surface area contributed by atoms with Crippen LogP contribution in [0.2, 0.25) is 0 Å². The molecule has 1 aliphatic carbocycles. The molecule has 1 saturated carbocycles. The van der Waals surface area contributed by atoms with Gasteiger partial charge in [-0.05, 0) is 43.4 Å². The lowest BCUT2D eigenvalue weighted by molar-refractivity contribution is 0.156. The molecule has 0 spiro atoms. The number of hydrogen-bond donors (Lipinski definition) is 1. The number of hydrogen-bond acceptors (Lipinski definition) is 4. The predicted molar refractivity (Wildman–Crippen MR) is 85.2 cm³/mol. The van der Waals surface area contributed by atoms with Gasteiger partial charge < -0.3 is 10.5 Å². The molecule has 1 aromatic rings. The Balaban J connectivity index is 1.98. The molecule has 0 heterocycles. The van der Waals surface area contributed by atoms with Crippen molar-refractivity contribution in [2.45, 2.75) is 56.4 Å². The van der Waals surface area contributed by atoms with Crippen LogP contribution in [0.25, 0.3) is 0 Å². The van der Waals surface area contributed by atoms with Gasteiger partial charge in [-0.15, -0.1) is 0 Å². The molecule has 118 valence electrons. The van der Waals surface area contributed by atoms with E-state index in [9.17, 15) is 8.42 Å². The smallest absolute Gasteiger partial charge is 0.150 e. The fourth-order valence-corrected chi connectivity index (χ4v) is 3.98. The van der Waals surface area contributed by atoms with Crippen molar-refractivity contribution in [2.75, 3.05) is 6.26 Å². The molecule has 5 heteroatoms. The van der Waals surface area contributed by atoms with Crippen molar-refractivity contribution in [1.29, 1.82) is 0 Å². The largest absolute Gasteiger partial charge is 0.490 e. The van der Waals surface area contributed by atoms with Gasteiger partial charge in [-0.2, -0.15) is 0 Å². The van der Waals surface area contributed by atoms with E-state index >= 15 is 0 Å². The highest BCUT2D eigenvalue weighted by Gasteiger charge is 2.29. The van der Waals surface area contributed by atoms with Gasteiger partial charge in [0.15, 0.2) is 0 Å². The van der Waals surface area contributed by atoms with Crippen LogP contribution in [0.3, 0.4) is 0 Å². The average molecular weight is 311 g/mol. The van der Waals surface area contributed by atoms with E-state index in [1.54, 1.807) is 0 Å². The predicted octanol–water partition coefficient (Wildman–Crippen LogP) is 2.83. The van der Waals surface area contributed by atoms with Gasteiger partial charge in [-0.25, -0.2) is 8.42 Å². The molecule has 0 aliphatic heterocycles. The van der Waals surface area contributed by atoms with Gasteiger partial charge in [0, 0.05) is 18.7 Å². The topological polar surface area (TPSA) is 69.4 Å². The van der Waals surface area contributed by atoms with Crippen molar-refractivity contribution in [1.82, 2.24) is 0 Å². The zero-order valence-electron chi connectivity index (χ0n) is 12.8. The maximum Gasteiger partial charge on any atom is 0.150 e. The zero-order chi connectivity index (χ0) is 15.5. The van der Waals surface area contributed by atoms with E-state index < -0.39 is 9.84 Å². The third-order valence-electron chi connectivity index (χ3n) is 4.23. The van der Waals surface area contributed by atoms with E-state index in [4.69, 9.17) is 10.5 Å². The Kier molecular flexibility index (Phi) is 5.27. The minimum atomic E-state index is -2.97. The first-order chi connectivity index (χ1) is 9.90. The Morgan fingerprint density at radius 1 is 1.29 bits per heavy atom. The Morgan fingerprint density at radius 2 is 1.95 bits per heavy atom. The SMILES string of the molecule is CC[C@H](N)c1ccc(OC2CCCC(S(C)(=O)=O)C2)cc1. The fourth-order valence-electron chi connectivity index (χ4n) is 2.82. The fraction of sp³-hybridized carbons (Fsp3) is 0.625. The third kappa shape index (κ3) is 4.45. The van der Waals surface area contributed by atoms with Crippen LogP contribution in [0.5, 0.6) is 5.75 Å². The van der Waals surface area contributed by atoms with E-state index in [2.05, 4.69) is 6.92 Å². The average Bonchev–Trinajstić information content (AvgIpc) is 2.47. The minimum Gasteiger partial charge on any atom is -0.490 e. The van der Waals surface area contributed by atoms with E-state index in [-0.39, 0.29) is 17.4 Å². The summed E-state index contributed by atoms with van der Waals surface area (Å²) in [5.74, 6) is 0.793. The Bertz CT molecular complexity index is 553. The second-order valence-corrected chi connectivity index (χ2v) is 8.27. The quantitative estimate of drug-likeness (QED) is 0.908. The van der Waals surface area contributed by atoms with Crippen molar-refractivity contribution in [3.05, 3.63) is 29.8 Å². The van der Waals surface area contributed by atoms with Crippen LogP contribution in [0.15, 0.2) is 24.3 Å². The number of rotatable bonds is 5. The lowest BCUT2D eigenvalue weighted by Crippen LogP contribution is -2.33. The molecule has 2 rings (SSSR count). The van der Waals surface area contributed by atoms with Crippen molar-refractivity contribution in [3.8, 4) is 5.75 Å². The van der Waals surface area contributed by atoms with Gasteiger partial charge in [0.2, 0.25) is 0 Å². The molecular weight excluding hydrogens is 286 g/mol. The van der Waals surface area contributed by atoms with Crippen molar-refractivity contribution in [3.63, 3.8) is 0 Å². The van der Waals surface area contributed by atoms with Crippen LogP contribution in [0, 0.1) is 0 Å². The van der Waals surface area contributed by atoms with Crippen LogP contribution < -0.4 is 10.5 Å². The first kappa shape index (κ1) is 16.3. The highest BCUT2D eigenvalue weighted by Crippen LogP contribution is 2.28. The van der Waals surface area contributed by atoms with Crippen molar-refractivity contribution >= 4 is 9.84 Å². The van der Waals surface area contributed by atoms with E-state index in [1.807, 2.05) is 24.3 Å². The Labute approximate surface area is 127 Å². The summed E-state index contributed by atoms with van der Waals surface area (Å²) in [4.78, 5) is 0. The van der Waals surface area contributed by atoms with E-state index in [1.165, 1.54) is 6.26 Å². The van der Waals surface area contributed by atoms with Gasteiger partial charge in [0.1, 0.15) is 15.6 Å². The zero-order valence-corrected chi connectivity index (χ0v) is 13.6. The lowest BCUT2D eigenvalue weighted by atomic mass is 9.97. The summed E-state index contributed by atoms with van der Waals surface area (Å²) in [6.45, 7) is 2.06. The van der Waals surface area contributed by atoms with Gasteiger partial charge in [-0.3, -0.25) is 0 Å². The van der Waals surface area contributed by atoms with Crippen LogP contribution in [-0.2, 0) is 9.84 Å². The van der Waals surface area contributed by atoms with Gasteiger partial charge in [0.25, 0.3) is 0 Å². The summed E-state index contributed by atoms with van der Waals surface area (Å²) >= 11 is 0. The highest BCUT2D eigenvalue weighted by atomic mass is 32.2. The summed E-state index contributed by atoms with van der Waals surface area (Å²) in [6.07, 6.45) is 5.38. The maximum absolute atomic E-state index is 11.7. The van der Waals surface area contributed by atoms with Crippen molar-refractivity contribution in [2.24, 2.45) is 5.73 Å². The van der Waals surface area contributed by atoms with E-state index in [0.717, 1.165) is 37.0 Å². The molecule has 0 bridgehead atoms. The Morgan fingerprint density at radius 3 is 2.52 bits per heavy atom. The maximum atomic E-state index is 11.7. The molecule has 21 heavy (non-hydrogen) atoms. The summed E-state index contributed by atoms with van der Waals surface area (Å²) in [7, 11) is -2.97. The van der Waals surface area contributed by atoms with Gasteiger partial charge in [-0.1, -0.05) is 19.1 Å². The number of ether oxygens (including phenoxy) is 1. The second-order valence-electron chi connectivity index (χ2n) is 5.94. The molecule has 0 saturated heterocycles. The minimum absolute atomic E-state index is 0.0100. The van der Waals surface area contributed by atoms with Crippen molar-refractivity contribution < 1.29 is 13.2 Å². The monoisotopic (exact) mass is 311 g/mol. The number of nitrogens with two attached hydrogens (primary N) is 1. The molecule has 2 unspecified atom stereocenters. The molecule has 0 amide bonds. The third-order valence-corrected chi connectivity index (χ3v) is 5.87. The highest BCUT2D eigenvalue weighted by molar-refractivity contribution is 7.91. The number of benzene rings is 1.